The van der Waals surface area contributed by atoms with E-state index >= 15 is 8.78 Å². The number of nitrogens with zero attached hydrogens (tertiary/aromatic N) is 5. The highest BCUT2D eigenvalue weighted by Crippen LogP contribution is 2.32. The van der Waals surface area contributed by atoms with Crippen molar-refractivity contribution in [1.29, 1.82) is 0 Å². The lowest BCUT2D eigenvalue weighted by Crippen LogP contribution is -2.54. The Morgan fingerprint density at radius 2 is 1.82 bits per heavy atom. The zero-order chi connectivity index (χ0) is 28.5. The van der Waals surface area contributed by atoms with Gasteiger partial charge in [-0.3, -0.25) is 4.90 Å². The molecule has 0 spiro atoms. The van der Waals surface area contributed by atoms with Crippen molar-refractivity contribution in [3.05, 3.63) is 72.2 Å². The van der Waals surface area contributed by atoms with Gasteiger partial charge in [0.15, 0.2) is 5.65 Å². The Bertz CT molecular complexity index is 1580. The minimum atomic E-state index is -4.06. The number of rotatable bonds is 9. The fourth-order valence-corrected chi connectivity index (χ4v) is 5.82. The summed E-state index contributed by atoms with van der Waals surface area (Å²) in [6, 6.07) is 11.1. The number of fused-ring (bicyclic) bond motifs is 1. The van der Waals surface area contributed by atoms with E-state index in [-0.39, 0.29) is 33.9 Å². The molecule has 1 N–H and O–H groups in total. The second kappa shape index (κ2) is 11.0. The molecule has 4 aromatic rings. The van der Waals surface area contributed by atoms with Gasteiger partial charge in [0.2, 0.25) is 0 Å². The smallest absolute Gasteiger partial charge is 0.387 e. The molecule has 5 rings (SSSR count). The Kier molecular flexibility index (Phi) is 7.64. The van der Waals surface area contributed by atoms with Crippen molar-refractivity contribution in [3.63, 3.8) is 0 Å². The summed E-state index contributed by atoms with van der Waals surface area (Å²) in [5, 5.41) is 6.98. The molecule has 0 aliphatic carbocycles. The molecule has 3 heterocycles. The Morgan fingerprint density at radius 1 is 1.10 bits per heavy atom. The molecular weight excluding hydrogens is 552 g/mol. The van der Waals surface area contributed by atoms with E-state index in [9.17, 15) is 17.2 Å². The third-order valence-corrected chi connectivity index (χ3v) is 8.33. The summed E-state index contributed by atoms with van der Waals surface area (Å²) in [5.74, 6) is -3.01. The number of hydrogen-bond donors (Lipinski definition) is 1. The van der Waals surface area contributed by atoms with E-state index in [2.05, 4.69) is 25.1 Å². The maximum absolute atomic E-state index is 15.2. The van der Waals surface area contributed by atoms with E-state index < -0.39 is 35.1 Å². The van der Waals surface area contributed by atoms with Crippen LogP contribution >= 0.6 is 0 Å². The summed E-state index contributed by atoms with van der Waals surface area (Å²) in [7, 11) is -4.06. The molecule has 2 aromatic carbocycles. The van der Waals surface area contributed by atoms with E-state index in [1.54, 1.807) is 29.2 Å². The maximum Gasteiger partial charge on any atom is 0.387 e. The van der Waals surface area contributed by atoms with E-state index in [1.807, 2.05) is 6.92 Å². The summed E-state index contributed by atoms with van der Waals surface area (Å²) in [4.78, 5) is 9.81. The van der Waals surface area contributed by atoms with Crippen LogP contribution in [0.1, 0.15) is 17.5 Å². The second-order valence-corrected chi connectivity index (χ2v) is 11.3. The molecule has 9 nitrogen and oxygen atoms in total. The van der Waals surface area contributed by atoms with Crippen LogP contribution in [0.4, 0.5) is 23.4 Å². The van der Waals surface area contributed by atoms with Crippen LogP contribution in [0.15, 0.2) is 66.0 Å². The van der Waals surface area contributed by atoms with Gasteiger partial charge in [-0.25, -0.2) is 18.7 Å². The number of anilines is 1. The highest BCUT2D eigenvalue weighted by Gasteiger charge is 2.45. The van der Waals surface area contributed by atoms with Crippen molar-refractivity contribution in [2.45, 2.75) is 43.2 Å². The molecule has 1 unspecified atom stereocenters. The van der Waals surface area contributed by atoms with Crippen LogP contribution in [-0.4, -0.2) is 70.7 Å². The summed E-state index contributed by atoms with van der Waals surface area (Å²) < 4.78 is 86.4. The number of aryl methyl sites for hydroxylation is 1. The largest absolute Gasteiger partial charge is 0.435 e. The Morgan fingerprint density at radius 3 is 2.50 bits per heavy atom. The molecule has 0 radical (unpaired) electrons. The topological polar surface area (TPSA) is 102 Å². The molecule has 1 fully saturated rings. The molecule has 2 aromatic heterocycles. The van der Waals surface area contributed by atoms with Gasteiger partial charge in [0.05, 0.1) is 29.1 Å². The van der Waals surface area contributed by atoms with Gasteiger partial charge in [0.25, 0.3) is 15.9 Å². The number of aromatic nitrogens is 4. The van der Waals surface area contributed by atoms with E-state index in [0.29, 0.717) is 19.5 Å². The molecule has 0 bridgehead atoms. The van der Waals surface area contributed by atoms with Gasteiger partial charge in [-0.15, -0.1) is 4.09 Å². The fourth-order valence-electron chi connectivity index (χ4n) is 4.59. The summed E-state index contributed by atoms with van der Waals surface area (Å²) in [6.45, 7) is -0.829. The van der Waals surface area contributed by atoms with Crippen molar-refractivity contribution in [1.82, 2.24) is 24.1 Å². The standard InChI is InChI=1S/C26H26F4N6O3S/c1-17-2-8-20(9-3-17)40(37,38)36-24-21(14-33-36)23(31-16-32-24)34-22-11-13-35(15-26(22,29)30)12-10-18-4-6-19(7-5-18)39-25(27)28/h2-9,14,16,22,25H,10-13,15H2,1H3,(H,31,32,34). The lowest BCUT2D eigenvalue weighted by Gasteiger charge is -2.38. The van der Waals surface area contributed by atoms with Crippen LogP contribution in [0.5, 0.6) is 5.75 Å². The minimum Gasteiger partial charge on any atom is -0.435 e. The van der Waals surface area contributed by atoms with Crippen LogP contribution in [0.2, 0.25) is 0 Å². The van der Waals surface area contributed by atoms with Gasteiger partial charge < -0.3 is 10.1 Å². The predicted molar refractivity (Wildman–Crippen MR) is 139 cm³/mol. The van der Waals surface area contributed by atoms with Crippen LogP contribution in [0.25, 0.3) is 11.0 Å². The molecule has 40 heavy (non-hydrogen) atoms. The third kappa shape index (κ3) is 5.87. The maximum atomic E-state index is 15.2. The van der Waals surface area contributed by atoms with Gasteiger partial charge in [-0.2, -0.15) is 22.3 Å². The molecule has 1 saturated heterocycles. The first-order valence-electron chi connectivity index (χ1n) is 12.4. The van der Waals surface area contributed by atoms with Crippen LogP contribution in [-0.2, 0) is 16.4 Å². The number of nitrogens with one attached hydrogen (secondary N) is 1. The van der Waals surface area contributed by atoms with Crippen LogP contribution in [0, 0.1) is 6.92 Å². The van der Waals surface area contributed by atoms with Gasteiger partial charge in [0, 0.05) is 13.1 Å². The van der Waals surface area contributed by atoms with Crippen LogP contribution < -0.4 is 10.1 Å². The van der Waals surface area contributed by atoms with Crippen molar-refractivity contribution in [2.24, 2.45) is 0 Å². The highest BCUT2D eigenvalue weighted by atomic mass is 32.2. The number of hydrogen-bond acceptors (Lipinski definition) is 8. The quantitative estimate of drug-likeness (QED) is 0.293. The lowest BCUT2D eigenvalue weighted by molar-refractivity contribution is -0.0734. The lowest BCUT2D eigenvalue weighted by atomic mass is 10.00. The van der Waals surface area contributed by atoms with E-state index in [4.69, 9.17) is 0 Å². The zero-order valence-corrected chi connectivity index (χ0v) is 22.2. The normalized spacial score (nSPS) is 17.8. The average Bonchev–Trinajstić information content (AvgIpc) is 3.35. The summed E-state index contributed by atoms with van der Waals surface area (Å²) in [6.07, 6.45) is 2.92. The Balaban J connectivity index is 1.26. The SMILES string of the molecule is Cc1ccc(S(=O)(=O)n2ncc3c(NC4CCN(CCc5ccc(OC(F)F)cc5)CC4(F)F)ncnc32)cc1. The number of piperidine rings is 1. The van der Waals surface area contributed by atoms with Gasteiger partial charge in [-0.1, -0.05) is 29.8 Å². The monoisotopic (exact) mass is 578 g/mol. The molecular formula is C26H26F4N6O3S. The molecule has 14 heteroatoms. The zero-order valence-electron chi connectivity index (χ0n) is 21.3. The number of benzene rings is 2. The molecule has 1 atom stereocenters. The van der Waals surface area contributed by atoms with Gasteiger partial charge in [-0.05, 0) is 49.6 Å². The van der Waals surface area contributed by atoms with Crippen molar-refractivity contribution >= 4 is 26.9 Å². The van der Waals surface area contributed by atoms with Gasteiger partial charge >= 0.3 is 6.61 Å². The number of alkyl halides is 4. The second-order valence-electron chi connectivity index (χ2n) is 9.56. The first-order valence-corrected chi connectivity index (χ1v) is 13.9. The average molecular weight is 579 g/mol. The molecule has 212 valence electrons. The highest BCUT2D eigenvalue weighted by molar-refractivity contribution is 7.90. The first kappa shape index (κ1) is 27.8. The van der Waals surface area contributed by atoms with E-state index in [1.165, 1.54) is 30.5 Å². The first-order chi connectivity index (χ1) is 19.0. The summed E-state index contributed by atoms with van der Waals surface area (Å²) in [5.41, 5.74) is 1.68. The number of halogens is 4. The van der Waals surface area contributed by atoms with Crippen molar-refractivity contribution in [2.75, 3.05) is 25.0 Å². The fraction of sp³-hybridized carbons (Fsp3) is 0.346. The summed E-state index contributed by atoms with van der Waals surface area (Å²) >= 11 is 0. The molecule has 0 amide bonds. The van der Waals surface area contributed by atoms with Crippen LogP contribution in [0.3, 0.4) is 0 Å². The van der Waals surface area contributed by atoms with E-state index in [0.717, 1.165) is 21.5 Å². The van der Waals surface area contributed by atoms with Crippen molar-refractivity contribution in [3.8, 4) is 5.75 Å². The number of likely N-dealkylation sites (tertiary alicyclic amines) is 1. The third-order valence-electron chi connectivity index (χ3n) is 6.74. The molecule has 0 saturated carbocycles. The minimum absolute atomic E-state index is 0.0209. The molecule has 1 aliphatic heterocycles. The number of ether oxygens (including phenoxy) is 1. The molecule has 1 aliphatic rings. The van der Waals surface area contributed by atoms with Crippen molar-refractivity contribution < 1.29 is 30.7 Å². The Labute approximate surface area is 227 Å². The van der Waals surface area contributed by atoms with Gasteiger partial charge in [0.1, 0.15) is 17.9 Å². The predicted octanol–water partition coefficient (Wildman–Crippen LogP) is 4.34. The Hall–Kier alpha value is -3.78.